The number of rotatable bonds is 3. The summed E-state index contributed by atoms with van der Waals surface area (Å²) in [6, 6.07) is 35.3. The molecule has 0 bridgehead atoms. The molecule has 1 aliphatic rings. The summed E-state index contributed by atoms with van der Waals surface area (Å²) in [5.74, 6) is 0. The normalized spacial score (nSPS) is 13.8. The largest absolute Gasteiger partial charge is 0.0622 e. The van der Waals surface area contributed by atoms with Gasteiger partial charge in [0.2, 0.25) is 0 Å². The van der Waals surface area contributed by atoms with Crippen LogP contribution in [0.5, 0.6) is 0 Å². The second-order valence-electron chi connectivity index (χ2n) is 8.25. The molecule has 28 heavy (non-hydrogen) atoms. The molecule has 0 unspecified atom stereocenters. The van der Waals surface area contributed by atoms with Crippen molar-refractivity contribution in [2.45, 2.75) is 25.7 Å². The summed E-state index contributed by atoms with van der Waals surface area (Å²) in [5, 5.41) is 0. The minimum atomic E-state index is 0.0481. The van der Waals surface area contributed by atoms with Crippen LogP contribution in [-0.2, 0) is 11.8 Å². The van der Waals surface area contributed by atoms with Gasteiger partial charge >= 0.3 is 0 Å². The maximum atomic E-state index is 2.36. The van der Waals surface area contributed by atoms with E-state index in [1.54, 1.807) is 0 Å². The Bertz CT molecular complexity index is 1130. The van der Waals surface area contributed by atoms with E-state index in [1.165, 1.54) is 44.5 Å². The van der Waals surface area contributed by atoms with Crippen LogP contribution >= 0.6 is 0 Å². The zero-order valence-corrected chi connectivity index (χ0v) is 16.4. The maximum absolute atomic E-state index is 2.36. The molecule has 4 aromatic carbocycles. The molecule has 0 atom stereocenters. The summed E-state index contributed by atoms with van der Waals surface area (Å²) in [4.78, 5) is 0. The van der Waals surface area contributed by atoms with Gasteiger partial charge in [0, 0.05) is 5.41 Å². The summed E-state index contributed by atoms with van der Waals surface area (Å²) < 4.78 is 0. The van der Waals surface area contributed by atoms with E-state index >= 15 is 0 Å². The molecule has 0 saturated heterocycles. The zero-order chi connectivity index (χ0) is 19.1. The highest BCUT2D eigenvalue weighted by Crippen LogP contribution is 2.50. The molecule has 0 heteroatoms. The number of benzene rings is 4. The molecule has 0 N–H and O–H groups in total. The van der Waals surface area contributed by atoms with Gasteiger partial charge in [0.1, 0.15) is 0 Å². The molecule has 0 saturated carbocycles. The number of hydrogen-bond acceptors (Lipinski definition) is 0. The van der Waals surface area contributed by atoms with Crippen molar-refractivity contribution in [2.75, 3.05) is 0 Å². The van der Waals surface area contributed by atoms with Gasteiger partial charge < -0.3 is 0 Å². The first-order chi connectivity index (χ1) is 13.6. The Hall–Kier alpha value is -3.12. The third-order valence-corrected chi connectivity index (χ3v) is 6.12. The van der Waals surface area contributed by atoms with E-state index < -0.39 is 0 Å². The van der Waals surface area contributed by atoms with Crippen LogP contribution in [0.4, 0.5) is 0 Å². The quantitative estimate of drug-likeness (QED) is 0.361. The Kier molecular flexibility index (Phi) is 3.94. The van der Waals surface area contributed by atoms with Crippen LogP contribution in [-0.4, -0.2) is 0 Å². The molecule has 5 rings (SSSR count). The molecule has 0 aliphatic heterocycles. The van der Waals surface area contributed by atoms with E-state index in [0.717, 1.165) is 6.42 Å². The monoisotopic (exact) mass is 360 g/mol. The van der Waals surface area contributed by atoms with E-state index in [-0.39, 0.29) is 5.41 Å². The van der Waals surface area contributed by atoms with Gasteiger partial charge in [-0.15, -0.1) is 0 Å². The molecule has 0 fully saturated rings. The summed E-state index contributed by atoms with van der Waals surface area (Å²) in [7, 11) is 0. The van der Waals surface area contributed by atoms with E-state index in [1.807, 2.05) is 0 Å². The minimum Gasteiger partial charge on any atom is -0.0622 e. The molecule has 0 amide bonds. The van der Waals surface area contributed by atoms with Crippen molar-refractivity contribution in [1.29, 1.82) is 0 Å². The average molecular weight is 361 g/mol. The summed E-state index contributed by atoms with van der Waals surface area (Å²) in [6.45, 7) is 4.72. The van der Waals surface area contributed by atoms with Gasteiger partial charge in [-0.3, -0.25) is 0 Å². The highest BCUT2D eigenvalue weighted by Gasteiger charge is 2.36. The average Bonchev–Trinajstić information content (AvgIpc) is 2.98. The fourth-order valence-corrected chi connectivity index (χ4v) is 4.77. The first kappa shape index (κ1) is 17.0. The predicted octanol–water partition coefficient (Wildman–Crippen LogP) is 7.25. The Morgan fingerprint density at radius 1 is 0.571 bits per heavy atom. The minimum absolute atomic E-state index is 0.0481. The molecule has 0 aromatic heterocycles. The smallest absolute Gasteiger partial charge is 0.0161 e. The van der Waals surface area contributed by atoms with Crippen molar-refractivity contribution in [1.82, 2.24) is 0 Å². The van der Waals surface area contributed by atoms with Crippen molar-refractivity contribution >= 4 is 0 Å². The molecule has 0 spiro atoms. The summed E-state index contributed by atoms with van der Waals surface area (Å²) >= 11 is 0. The van der Waals surface area contributed by atoms with Gasteiger partial charge in [-0.25, -0.2) is 0 Å². The molecule has 0 heterocycles. The van der Waals surface area contributed by atoms with E-state index in [9.17, 15) is 0 Å². The zero-order valence-electron chi connectivity index (χ0n) is 16.4. The molecular weight excluding hydrogens is 336 g/mol. The highest BCUT2D eigenvalue weighted by atomic mass is 14.4. The van der Waals surface area contributed by atoms with Crippen LogP contribution in [0.25, 0.3) is 22.3 Å². The second-order valence-corrected chi connectivity index (χ2v) is 8.25. The van der Waals surface area contributed by atoms with E-state index in [4.69, 9.17) is 0 Å². The van der Waals surface area contributed by atoms with Crippen molar-refractivity contribution in [3.05, 3.63) is 119 Å². The Morgan fingerprint density at radius 2 is 1.21 bits per heavy atom. The topological polar surface area (TPSA) is 0 Å². The first-order valence-corrected chi connectivity index (χ1v) is 10.0. The molecular formula is C28H24. The SMILES string of the molecule is CC1(C)c2ccccc2-c2cccc(Cc3ccc(-c4ccccc4)cc3)c21. The molecule has 0 radical (unpaired) electrons. The van der Waals surface area contributed by atoms with Crippen LogP contribution in [0, 0.1) is 0 Å². The van der Waals surface area contributed by atoms with Gasteiger partial charge in [0.15, 0.2) is 0 Å². The van der Waals surface area contributed by atoms with Gasteiger partial charge in [-0.05, 0) is 50.9 Å². The number of fused-ring (bicyclic) bond motifs is 3. The Labute approximate surface area is 167 Å². The first-order valence-electron chi connectivity index (χ1n) is 10.0. The third-order valence-electron chi connectivity index (χ3n) is 6.12. The van der Waals surface area contributed by atoms with E-state index in [2.05, 4.69) is 111 Å². The van der Waals surface area contributed by atoms with Gasteiger partial charge in [0.25, 0.3) is 0 Å². The standard InChI is InChI=1S/C28H24/c1-28(2)26-14-7-6-12-24(26)25-13-8-11-23(27(25)28)19-20-15-17-22(18-16-20)21-9-4-3-5-10-21/h3-18H,19H2,1-2H3. The fraction of sp³-hybridized carbons (Fsp3) is 0.143. The molecule has 1 aliphatic carbocycles. The lowest BCUT2D eigenvalue weighted by atomic mass is 9.79. The lowest BCUT2D eigenvalue weighted by Crippen LogP contribution is -2.17. The lowest BCUT2D eigenvalue weighted by molar-refractivity contribution is 0.653. The van der Waals surface area contributed by atoms with Crippen molar-refractivity contribution in [3.63, 3.8) is 0 Å². The second kappa shape index (κ2) is 6.49. The number of hydrogen-bond donors (Lipinski definition) is 0. The van der Waals surface area contributed by atoms with Crippen molar-refractivity contribution < 1.29 is 0 Å². The highest BCUT2D eigenvalue weighted by molar-refractivity contribution is 5.82. The Balaban J connectivity index is 1.51. The lowest BCUT2D eigenvalue weighted by Gasteiger charge is -2.24. The summed E-state index contributed by atoms with van der Waals surface area (Å²) in [6.07, 6.45) is 0.968. The van der Waals surface area contributed by atoms with Crippen LogP contribution in [0.15, 0.2) is 97.1 Å². The summed E-state index contributed by atoms with van der Waals surface area (Å²) in [5.41, 5.74) is 11.1. The van der Waals surface area contributed by atoms with Crippen LogP contribution in [0.3, 0.4) is 0 Å². The van der Waals surface area contributed by atoms with Crippen LogP contribution in [0.2, 0.25) is 0 Å². The van der Waals surface area contributed by atoms with Crippen LogP contribution < -0.4 is 0 Å². The maximum Gasteiger partial charge on any atom is 0.0161 e. The Morgan fingerprint density at radius 3 is 2.00 bits per heavy atom. The van der Waals surface area contributed by atoms with Crippen molar-refractivity contribution in [2.24, 2.45) is 0 Å². The van der Waals surface area contributed by atoms with Gasteiger partial charge in [0.05, 0.1) is 0 Å². The third kappa shape index (κ3) is 2.68. The van der Waals surface area contributed by atoms with E-state index in [0.29, 0.717) is 0 Å². The fourth-order valence-electron chi connectivity index (χ4n) is 4.77. The predicted molar refractivity (Wildman–Crippen MR) is 119 cm³/mol. The molecule has 136 valence electrons. The molecule has 0 nitrogen and oxygen atoms in total. The molecule has 4 aromatic rings. The van der Waals surface area contributed by atoms with Crippen molar-refractivity contribution in [3.8, 4) is 22.3 Å². The van der Waals surface area contributed by atoms with Gasteiger partial charge in [-0.1, -0.05) is 111 Å². The van der Waals surface area contributed by atoms with Gasteiger partial charge in [-0.2, -0.15) is 0 Å². The van der Waals surface area contributed by atoms with Crippen LogP contribution in [0.1, 0.15) is 36.1 Å².